The molecule has 0 aromatic heterocycles. The summed E-state index contributed by atoms with van der Waals surface area (Å²) < 4.78 is 221. The summed E-state index contributed by atoms with van der Waals surface area (Å²) in [5, 5.41) is 33.3. The van der Waals surface area contributed by atoms with Gasteiger partial charge in [-0.3, -0.25) is 9.59 Å². The fourth-order valence-electron chi connectivity index (χ4n) is 6.52. The Hall–Kier alpha value is -7.72. The first-order chi connectivity index (χ1) is 34.3. The summed E-state index contributed by atoms with van der Waals surface area (Å²) in [6.45, 7) is 5.32. The number of rotatable bonds is 9. The summed E-state index contributed by atoms with van der Waals surface area (Å²) in [5.41, 5.74) is -9.44. The Morgan fingerprint density at radius 3 is 1.21 bits per heavy atom. The number of hydrogen-bond donors (Lipinski definition) is 2. The molecule has 3 N–H and O–H groups in total. The number of ketones is 1. The van der Waals surface area contributed by atoms with Crippen molar-refractivity contribution in [3.63, 3.8) is 0 Å². The second kappa shape index (κ2) is 24.5. The minimum absolute atomic E-state index is 0.0325. The largest absolute Gasteiger partial charge is 0.478 e. The van der Waals surface area contributed by atoms with Crippen LogP contribution in [0.2, 0.25) is 0 Å². The highest BCUT2D eigenvalue weighted by Crippen LogP contribution is 2.55. The van der Waals surface area contributed by atoms with Gasteiger partial charge in [0.25, 0.3) is 5.24 Å². The predicted octanol–water partition coefficient (Wildman–Crippen LogP) is 14.2. The molecule has 0 aliphatic rings. The molecule has 0 bridgehead atoms. The van der Waals surface area contributed by atoms with Gasteiger partial charge in [-0.25, -0.2) is 26.7 Å². The van der Waals surface area contributed by atoms with E-state index in [-0.39, 0.29) is 74.2 Å². The van der Waals surface area contributed by atoms with Crippen LogP contribution in [-0.2, 0) is 30.6 Å². The van der Waals surface area contributed by atoms with Gasteiger partial charge in [-0.15, -0.1) is 0 Å². The Morgan fingerprint density at radius 2 is 0.867 bits per heavy atom. The topological polar surface area (TPSA) is 169 Å². The number of aryl methyl sites for hydroxylation is 4. The first-order valence-electron chi connectivity index (χ1n) is 20.5. The Labute approximate surface area is 419 Å². The normalized spacial score (nSPS) is 11.7. The van der Waals surface area contributed by atoms with E-state index < -0.39 is 93.6 Å². The number of anilines is 1. The zero-order valence-electron chi connectivity index (χ0n) is 38.5. The highest BCUT2D eigenvalue weighted by atomic mass is 35.5. The first kappa shape index (κ1) is 63.4. The number of benzene rings is 5. The van der Waals surface area contributed by atoms with Gasteiger partial charge in [0.05, 0.1) is 22.3 Å². The molecule has 0 amide bonds. The van der Waals surface area contributed by atoms with Crippen molar-refractivity contribution in [2.45, 2.75) is 83.0 Å². The molecule has 400 valence electrons. The average Bonchev–Trinajstić information content (AvgIpc) is 3.31. The van der Waals surface area contributed by atoms with E-state index in [2.05, 4.69) is 0 Å². The molecule has 8 nitrogen and oxygen atoms in total. The Balaban J connectivity index is 0.000000373. The predicted molar refractivity (Wildman–Crippen MR) is 234 cm³/mol. The minimum Gasteiger partial charge on any atom is -0.478 e. The molecule has 5 aromatic carbocycles. The highest BCUT2D eigenvalue weighted by molar-refractivity contribution is 6.67. The average molecular weight is 1100 g/mol. The van der Waals surface area contributed by atoms with E-state index in [0.29, 0.717) is 24.3 Å². The van der Waals surface area contributed by atoms with Crippen LogP contribution in [0.15, 0.2) is 78.9 Å². The van der Waals surface area contributed by atoms with E-state index in [1.807, 2.05) is 0 Å². The number of nitrogens with zero attached hydrogens (tertiary/aromatic N) is 3. The first-order valence-corrected chi connectivity index (χ1v) is 20.9. The number of carboxylic acids is 1. The van der Waals surface area contributed by atoms with Crippen molar-refractivity contribution in [2.24, 2.45) is 0 Å². The Morgan fingerprint density at radius 1 is 0.533 bits per heavy atom. The number of nitrogen functional groups attached to an aromatic ring is 1. The number of halogens is 18. The SMILES string of the molecule is CCc1cc(C(F)(C(F)(F)F)C(F)(F)F)cc(C)c1CC(=O)c1ccc(F)c(C#N)c1.CCc1cc(C(F)(C(F)(F)F)C(F)(F)F)cc(C)c1N.N#Cc1cc(C(=O)Cl)ccc1F.N#Cc1cc(C(=O)O)ccc1F. The van der Waals surface area contributed by atoms with Crippen LogP contribution < -0.4 is 5.73 Å². The van der Waals surface area contributed by atoms with Gasteiger partial charge in [0.1, 0.15) is 35.7 Å². The number of carbonyl (C=O) groups excluding carboxylic acids is 2. The molecule has 5 rings (SSSR count). The number of hydrogen-bond acceptors (Lipinski definition) is 7. The lowest BCUT2D eigenvalue weighted by Gasteiger charge is -2.31. The summed E-state index contributed by atoms with van der Waals surface area (Å²) in [6.07, 6.45) is -25.1. The van der Waals surface area contributed by atoms with Crippen LogP contribution in [0.3, 0.4) is 0 Å². The van der Waals surface area contributed by atoms with Gasteiger partial charge in [-0.2, -0.15) is 68.5 Å². The lowest BCUT2D eigenvalue weighted by atomic mass is 9.86. The molecule has 0 unspecified atom stereocenters. The van der Waals surface area contributed by atoms with Crippen LogP contribution in [0.5, 0.6) is 0 Å². The highest BCUT2D eigenvalue weighted by Gasteiger charge is 2.74. The quantitative estimate of drug-likeness (QED) is 0.0636. The lowest BCUT2D eigenvalue weighted by Crippen LogP contribution is -2.50. The number of carboxylic acid groups (broad SMARTS) is 1. The standard InChI is InChI=1S/C21H15F8NO.C12H12F7N.C8H3ClFNO.C8H4FNO2/c1-3-12-8-15(19(23,20(24,25)26)21(27,28)29)6-11(2)16(12)9-18(31)13-4-5-17(22)14(7-13)10-30;1-3-7-5-8(4-6(2)9(7)20)10(13,11(14,15)16)12(17,18)19;9-8(12)5-1-2-7(10)6(3-5)4-11;9-7-2-1-5(8(11)12)3-6(7)4-10/h4-8H,3,9H2,1-2H3;4-5H,3,20H2,1-2H3;1-3H;1-3H,(H,11,12). The molecule has 0 radical (unpaired) electrons. The van der Waals surface area contributed by atoms with Gasteiger partial charge in [0, 0.05) is 34.4 Å². The number of alkyl halides is 14. The third-order valence-electron chi connectivity index (χ3n) is 10.6. The molecular weight excluding hydrogens is 1070 g/mol. The molecule has 0 aliphatic heterocycles. The van der Waals surface area contributed by atoms with E-state index in [1.54, 1.807) is 18.2 Å². The fourth-order valence-corrected chi connectivity index (χ4v) is 6.64. The van der Waals surface area contributed by atoms with Crippen LogP contribution in [0.25, 0.3) is 0 Å². The molecule has 0 saturated heterocycles. The van der Waals surface area contributed by atoms with E-state index in [1.165, 1.54) is 33.8 Å². The molecule has 0 fully saturated rings. The summed E-state index contributed by atoms with van der Waals surface area (Å²) >= 11 is 5.11. The van der Waals surface area contributed by atoms with Crippen molar-refractivity contribution in [1.82, 2.24) is 0 Å². The Kier molecular flexibility index (Phi) is 20.7. The van der Waals surface area contributed by atoms with Gasteiger partial charge in [0.2, 0.25) is 0 Å². The fraction of sp³-hybridized carbons (Fsp3) is 0.265. The number of Topliss-reactive ketones (excluding diaryl/α,β-unsaturated/α-hetero) is 1. The van der Waals surface area contributed by atoms with Gasteiger partial charge in [-0.05, 0) is 127 Å². The third-order valence-corrected chi connectivity index (χ3v) is 10.8. The lowest BCUT2D eigenvalue weighted by molar-refractivity contribution is -0.349. The maximum atomic E-state index is 14.4. The number of carbonyl (C=O) groups is 3. The minimum atomic E-state index is -6.25. The molecule has 0 aliphatic carbocycles. The maximum absolute atomic E-state index is 14.4. The Bertz CT molecular complexity index is 2970. The molecule has 0 atom stereocenters. The summed E-state index contributed by atoms with van der Waals surface area (Å²) in [4.78, 5) is 33.5. The summed E-state index contributed by atoms with van der Waals surface area (Å²) in [5.74, 6) is -4.03. The van der Waals surface area contributed by atoms with E-state index in [9.17, 15) is 89.0 Å². The van der Waals surface area contributed by atoms with Crippen molar-refractivity contribution < 1.29 is 94.1 Å². The van der Waals surface area contributed by atoms with Crippen LogP contribution in [0.1, 0.15) is 101 Å². The van der Waals surface area contributed by atoms with E-state index in [4.69, 9.17) is 38.2 Å². The second-order valence-electron chi connectivity index (χ2n) is 15.4. The van der Waals surface area contributed by atoms with Crippen molar-refractivity contribution in [2.75, 3.05) is 5.73 Å². The van der Waals surface area contributed by atoms with Crippen molar-refractivity contribution >= 4 is 34.3 Å². The van der Waals surface area contributed by atoms with Crippen LogP contribution in [0.4, 0.5) is 80.3 Å². The molecule has 26 heteroatoms. The molecule has 0 heterocycles. The number of aromatic carboxylic acids is 1. The number of nitrogens with two attached hydrogens (primary N) is 1. The van der Waals surface area contributed by atoms with Crippen molar-refractivity contribution in [3.05, 3.63) is 169 Å². The van der Waals surface area contributed by atoms with E-state index >= 15 is 0 Å². The zero-order chi connectivity index (χ0) is 58.0. The van der Waals surface area contributed by atoms with Crippen LogP contribution >= 0.6 is 11.6 Å². The summed E-state index contributed by atoms with van der Waals surface area (Å²) in [6, 6.07) is 16.0. The third kappa shape index (κ3) is 14.5. The van der Waals surface area contributed by atoms with Gasteiger partial charge in [-0.1, -0.05) is 32.0 Å². The van der Waals surface area contributed by atoms with Gasteiger partial charge < -0.3 is 10.8 Å². The number of nitriles is 3. The molecular formula is C49H34ClF17N4O4. The molecule has 75 heavy (non-hydrogen) atoms. The van der Waals surface area contributed by atoms with Crippen molar-refractivity contribution in [1.29, 1.82) is 15.8 Å². The zero-order valence-corrected chi connectivity index (χ0v) is 39.3. The smallest absolute Gasteiger partial charge is 0.435 e. The summed E-state index contributed by atoms with van der Waals surface area (Å²) in [7, 11) is 0. The maximum Gasteiger partial charge on any atom is 0.435 e. The van der Waals surface area contributed by atoms with Crippen LogP contribution in [-0.4, -0.2) is 46.8 Å². The monoisotopic (exact) mass is 1100 g/mol. The molecule has 0 saturated carbocycles. The second-order valence-corrected chi connectivity index (χ2v) is 15.8. The van der Waals surface area contributed by atoms with E-state index in [0.717, 1.165) is 48.5 Å². The van der Waals surface area contributed by atoms with Gasteiger partial charge in [0.15, 0.2) is 5.78 Å². The molecule has 5 aromatic rings. The molecule has 0 spiro atoms. The van der Waals surface area contributed by atoms with Crippen LogP contribution in [0, 0.1) is 65.3 Å². The van der Waals surface area contributed by atoms with Gasteiger partial charge >= 0.3 is 42.0 Å². The van der Waals surface area contributed by atoms with Crippen molar-refractivity contribution in [3.8, 4) is 18.2 Å².